The lowest BCUT2D eigenvalue weighted by Gasteiger charge is -2.35. The van der Waals surface area contributed by atoms with E-state index < -0.39 is 0 Å². The molecule has 2 aromatic heterocycles. The molecule has 0 N–H and O–H groups in total. The highest BCUT2D eigenvalue weighted by Gasteiger charge is 2.24. The lowest BCUT2D eigenvalue weighted by atomic mass is 10.0. The van der Waals surface area contributed by atoms with Crippen molar-refractivity contribution in [3.8, 4) is 23.2 Å². The number of aromatic nitrogens is 4. The van der Waals surface area contributed by atoms with E-state index in [0.29, 0.717) is 25.3 Å². The van der Waals surface area contributed by atoms with Gasteiger partial charge in [-0.2, -0.15) is 0 Å². The van der Waals surface area contributed by atoms with Gasteiger partial charge >= 0.3 is 0 Å². The molecular weight excluding hydrogens is 370 g/mol. The maximum absolute atomic E-state index is 5.97. The average molecular weight is 393 g/mol. The van der Waals surface area contributed by atoms with Gasteiger partial charge in [-0.15, -0.1) is 10.2 Å². The molecule has 0 bridgehead atoms. The number of fused-ring (bicyclic) bond motifs is 1. The van der Waals surface area contributed by atoms with Crippen LogP contribution >= 0.6 is 0 Å². The van der Waals surface area contributed by atoms with Crippen molar-refractivity contribution < 1.29 is 14.2 Å². The molecule has 1 atom stereocenters. The fourth-order valence-corrected chi connectivity index (χ4v) is 3.83. The lowest BCUT2D eigenvalue weighted by molar-refractivity contribution is 0.0910. The first-order chi connectivity index (χ1) is 14.3. The van der Waals surface area contributed by atoms with Gasteiger partial charge in [-0.1, -0.05) is 12.5 Å². The molecule has 0 aliphatic carbocycles. The normalized spacial score (nSPS) is 18.7. The Kier molecular flexibility index (Phi) is 5.00. The van der Waals surface area contributed by atoms with Crippen LogP contribution in [0.3, 0.4) is 0 Å². The van der Waals surface area contributed by atoms with E-state index >= 15 is 0 Å². The van der Waals surface area contributed by atoms with Gasteiger partial charge in [0.15, 0.2) is 17.3 Å². The van der Waals surface area contributed by atoms with Crippen LogP contribution in [0.25, 0.3) is 5.82 Å². The second-order valence-corrected chi connectivity index (χ2v) is 7.32. The molecule has 0 amide bonds. The summed E-state index contributed by atoms with van der Waals surface area (Å²) in [7, 11) is 0. The molecule has 2 aliphatic heterocycles. The van der Waals surface area contributed by atoms with Crippen LogP contribution in [0, 0.1) is 0 Å². The Labute approximate surface area is 169 Å². The van der Waals surface area contributed by atoms with E-state index in [2.05, 4.69) is 32.2 Å². The Balaban J connectivity index is 1.21. The van der Waals surface area contributed by atoms with E-state index in [4.69, 9.17) is 14.2 Å². The van der Waals surface area contributed by atoms with Crippen LogP contribution < -0.4 is 14.2 Å². The lowest BCUT2D eigenvalue weighted by Crippen LogP contribution is -2.42. The monoisotopic (exact) mass is 393 g/mol. The van der Waals surface area contributed by atoms with Crippen molar-refractivity contribution in [1.29, 1.82) is 0 Å². The summed E-state index contributed by atoms with van der Waals surface area (Å²) in [4.78, 5) is 6.50. The first-order valence-electron chi connectivity index (χ1n) is 9.92. The maximum Gasteiger partial charge on any atom is 0.233 e. The molecule has 0 spiro atoms. The number of ether oxygens (including phenoxy) is 3. The van der Waals surface area contributed by atoms with Gasteiger partial charge in [0.05, 0.1) is 0 Å². The molecule has 150 valence electrons. The van der Waals surface area contributed by atoms with Crippen LogP contribution in [-0.2, 0) is 6.54 Å². The molecule has 3 aromatic rings. The molecule has 4 heterocycles. The molecule has 1 unspecified atom stereocenters. The number of benzene rings is 1. The summed E-state index contributed by atoms with van der Waals surface area (Å²) < 4.78 is 18.7. The van der Waals surface area contributed by atoms with Crippen molar-refractivity contribution in [2.24, 2.45) is 0 Å². The number of hydrogen-bond acceptors (Lipinski definition) is 7. The van der Waals surface area contributed by atoms with Crippen molar-refractivity contribution in [1.82, 2.24) is 24.6 Å². The number of likely N-dealkylation sites (tertiary alicyclic amines) is 1. The molecule has 0 radical (unpaired) electrons. The molecule has 1 saturated heterocycles. The number of imidazole rings is 1. The summed E-state index contributed by atoms with van der Waals surface area (Å²) in [5.74, 6) is 2.92. The SMILES string of the molecule is c1cn(-c2ccc(OCC3CCCCN3Cc3ccc4c(c3)OCO4)nn2)cn1. The van der Waals surface area contributed by atoms with Crippen LogP contribution in [0.5, 0.6) is 17.4 Å². The van der Waals surface area contributed by atoms with Crippen LogP contribution in [0.15, 0.2) is 49.1 Å². The van der Waals surface area contributed by atoms with Gasteiger partial charge < -0.3 is 14.2 Å². The van der Waals surface area contributed by atoms with Crippen molar-refractivity contribution in [3.05, 3.63) is 54.6 Å². The predicted octanol–water partition coefficient (Wildman–Crippen LogP) is 2.82. The highest BCUT2D eigenvalue weighted by Crippen LogP contribution is 2.33. The minimum atomic E-state index is 0.305. The Hall–Kier alpha value is -3.13. The zero-order valence-corrected chi connectivity index (χ0v) is 16.1. The van der Waals surface area contributed by atoms with Crippen LogP contribution in [0.4, 0.5) is 0 Å². The van der Waals surface area contributed by atoms with E-state index in [0.717, 1.165) is 36.8 Å². The number of nitrogens with zero attached hydrogens (tertiary/aromatic N) is 5. The quantitative estimate of drug-likeness (QED) is 0.637. The van der Waals surface area contributed by atoms with E-state index in [1.165, 1.54) is 18.4 Å². The fraction of sp³-hybridized carbons (Fsp3) is 0.381. The van der Waals surface area contributed by atoms with Gasteiger partial charge in [0.1, 0.15) is 12.9 Å². The second-order valence-electron chi connectivity index (χ2n) is 7.32. The van der Waals surface area contributed by atoms with Crippen molar-refractivity contribution in [2.45, 2.75) is 31.8 Å². The van der Waals surface area contributed by atoms with E-state index in [9.17, 15) is 0 Å². The second kappa shape index (κ2) is 8.08. The third-order valence-corrected chi connectivity index (χ3v) is 5.39. The van der Waals surface area contributed by atoms with Crippen molar-refractivity contribution in [3.63, 3.8) is 0 Å². The molecule has 8 nitrogen and oxygen atoms in total. The summed E-state index contributed by atoms with van der Waals surface area (Å²) in [6.07, 6.45) is 8.79. The summed E-state index contributed by atoms with van der Waals surface area (Å²) in [5.41, 5.74) is 1.23. The van der Waals surface area contributed by atoms with Gasteiger partial charge in [0.25, 0.3) is 0 Å². The van der Waals surface area contributed by atoms with Gasteiger partial charge in [-0.3, -0.25) is 9.47 Å². The third kappa shape index (κ3) is 4.02. The first-order valence-corrected chi connectivity index (χ1v) is 9.92. The largest absolute Gasteiger partial charge is 0.475 e. The van der Waals surface area contributed by atoms with Crippen LogP contribution in [-0.4, -0.2) is 50.6 Å². The molecule has 2 aliphatic rings. The van der Waals surface area contributed by atoms with Crippen molar-refractivity contribution >= 4 is 0 Å². The smallest absolute Gasteiger partial charge is 0.233 e. The molecule has 1 aromatic carbocycles. The number of rotatable bonds is 6. The van der Waals surface area contributed by atoms with Crippen molar-refractivity contribution in [2.75, 3.05) is 19.9 Å². The molecule has 0 saturated carbocycles. The Bertz CT molecular complexity index is 945. The average Bonchev–Trinajstić information content (AvgIpc) is 3.45. The minimum absolute atomic E-state index is 0.305. The van der Waals surface area contributed by atoms with Gasteiger partial charge in [-0.25, -0.2) is 4.98 Å². The topological polar surface area (TPSA) is 74.5 Å². The van der Waals surface area contributed by atoms with Crippen LogP contribution in [0.1, 0.15) is 24.8 Å². The molecule has 8 heteroatoms. The molecule has 1 fully saturated rings. The van der Waals surface area contributed by atoms with Gasteiger partial charge in [0, 0.05) is 31.0 Å². The maximum atomic E-state index is 5.97. The minimum Gasteiger partial charge on any atom is -0.475 e. The Morgan fingerprint density at radius 3 is 2.90 bits per heavy atom. The Morgan fingerprint density at radius 1 is 1.07 bits per heavy atom. The zero-order valence-electron chi connectivity index (χ0n) is 16.1. The highest BCUT2D eigenvalue weighted by molar-refractivity contribution is 5.44. The van der Waals surface area contributed by atoms with E-state index in [1.54, 1.807) is 12.5 Å². The molecular formula is C21H23N5O3. The number of piperidine rings is 1. The van der Waals surface area contributed by atoms with Crippen LogP contribution in [0.2, 0.25) is 0 Å². The van der Waals surface area contributed by atoms with Gasteiger partial charge in [0.2, 0.25) is 12.7 Å². The first kappa shape index (κ1) is 17.9. The summed E-state index contributed by atoms with van der Waals surface area (Å²) in [5, 5.41) is 8.41. The number of hydrogen-bond donors (Lipinski definition) is 0. The molecule has 5 rings (SSSR count). The summed E-state index contributed by atoms with van der Waals surface area (Å²) >= 11 is 0. The molecule has 29 heavy (non-hydrogen) atoms. The van der Waals surface area contributed by atoms with E-state index in [1.807, 2.05) is 29.0 Å². The zero-order chi connectivity index (χ0) is 19.5. The standard InChI is InChI=1S/C21H23N5O3/c1-2-9-25(12-16-4-5-18-19(11-16)29-15-28-18)17(3-1)13-27-21-7-6-20(23-24-21)26-10-8-22-14-26/h4-8,10-11,14,17H,1-3,9,12-13,15H2. The highest BCUT2D eigenvalue weighted by atomic mass is 16.7. The third-order valence-electron chi connectivity index (χ3n) is 5.39. The van der Waals surface area contributed by atoms with Gasteiger partial charge in [-0.05, 0) is 43.1 Å². The predicted molar refractivity (Wildman–Crippen MR) is 105 cm³/mol. The Morgan fingerprint density at radius 2 is 2.03 bits per heavy atom. The van der Waals surface area contributed by atoms with E-state index in [-0.39, 0.29) is 0 Å². The summed E-state index contributed by atoms with van der Waals surface area (Å²) in [6, 6.07) is 10.3. The summed E-state index contributed by atoms with van der Waals surface area (Å²) in [6.45, 7) is 2.84. The fourth-order valence-electron chi connectivity index (χ4n) is 3.83.